The van der Waals surface area contributed by atoms with Gasteiger partial charge in [-0.2, -0.15) is 0 Å². The Balaban J connectivity index is 1.38. The van der Waals surface area contributed by atoms with E-state index in [0.717, 1.165) is 23.1 Å². The fraction of sp³-hybridized carbons (Fsp3) is 0.323. The minimum absolute atomic E-state index is 0.0123. The number of benzene rings is 3. The molecule has 3 aromatic carbocycles. The zero-order chi connectivity index (χ0) is 27.1. The quantitative estimate of drug-likeness (QED) is 0.353. The lowest BCUT2D eigenvalue weighted by Crippen LogP contribution is -2.42. The van der Waals surface area contributed by atoms with E-state index < -0.39 is 23.8 Å². The zero-order valence-corrected chi connectivity index (χ0v) is 22.0. The van der Waals surface area contributed by atoms with E-state index in [1.54, 1.807) is 12.1 Å². The highest BCUT2D eigenvalue weighted by Crippen LogP contribution is 2.41. The number of hydrogen-bond donors (Lipinski definition) is 2. The van der Waals surface area contributed by atoms with E-state index in [9.17, 15) is 14.4 Å². The van der Waals surface area contributed by atoms with Crippen molar-refractivity contribution in [2.75, 3.05) is 0 Å². The number of alkyl carbamates (subject to hydrolysis) is 2. The van der Waals surface area contributed by atoms with Crippen LogP contribution in [-0.2, 0) is 22.5 Å². The standard InChI is InChI=1S/C31H34N2O5/c1-31(2,3)38-30(36)32-26-19-25(26)23-14-16-24(17-15-23)28(34)27(18-21-10-6-4-7-11-21)33-29(35)37-20-22-12-8-5-9-13-22/h4-17,25-27H,18-20H2,1-3H3,(H,32,36)(H,33,35)/t25-,26-,27+/m1/s1. The molecule has 38 heavy (non-hydrogen) atoms. The third-order valence-electron chi connectivity index (χ3n) is 6.22. The van der Waals surface area contributed by atoms with E-state index in [4.69, 9.17) is 9.47 Å². The predicted molar refractivity (Wildman–Crippen MR) is 145 cm³/mol. The first-order chi connectivity index (χ1) is 18.2. The van der Waals surface area contributed by atoms with Crippen LogP contribution in [-0.4, -0.2) is 35.7 Å². The van der Waals surface area contributed by atoms with Crippen molar-refractivity contribution in [3.05, 3.63) is 107 Å². The Morgan fingerprint density at radius 3 is 2.05 bits per heavy atom. The van der Waals surface area contributed by atoms with Crippen molar-refractivity contribution >= 4 is 18.0 Å². The smallest absolute Gasteiger partial charge is 0.408 e. The summed E-state index contributed by atoms with van der Waals surface area (Å²) in [6, 6.07) is 25.5. The lowest BCUT2D eigenvalue weighted by Gasteiger charge is -2.19. The molecule has 0 unspecified atom stereocenters. The number of rotatable bonds is 9. The minimum Gasteiger partial charge on any atom is -0.445 e. The Bertz CT molecular complexity index is 1240. The predicted octanol–water partition coefficient (Wildman–Crippen LogP) is 5.79. The summed E-state index contributed by atoms with van der Waals surface area (Å²) in [5.41, 5.74) is 2.78. The van der Waals surface area contributed by atoms with Gasteiger partial charge in [-0.3, -0.25) is 4.79 Å². The zero-order valence-electron chi connectivity index (χ0n) is 22.0. The lowest BCUT2D eigenvalue weighted by molar-refractivity contribution is 0.0522. The van der Waals surface area contributed by atoms with Crippen molar-refractivity contribution < 1.29 is 23.9 Å². The molecule has 3 atom stereocenters. The molecule has 0 radical (unpaired) electrons. The van der Waals surface area contributed by atoms with Gasteiger partial charge in [-0.25, -0.2) is 9.59 Å². The molecule has 1 saturated carbocycles. The Kier molecular flexibility index (Phi) is 8.46. The van der Waals surface area contributed by atoms with Crippen molar-refractivity contribution in [1.82, 2.24) is 10.6 Å². The van der Waals surface area contributed by atoms with Crippen molar-refractivity contribution in [2.24, 2.45) is 0 Å². The van der Waals surface area contributed by atoms with E-state index in [1.165, 1.54) is 0 Å². The number of ketones is 1. The first-order valence-corrected chi connectivity index (χ1v) is 12.8. The molecule has 3 aromatic rings. The molecular weight excluding hydrogens is 480 g/mol. The highest BCUT2D eigenvalue weighted by Gasteiger charge is 2.40. The average Bonchev–Trinajstić information content (AvgIpc) is 3.65. The van der Waals surface area contributed by atoms with E-state index in [0.29, 0.717) is 12.0 Å². The molecule has 0 bridgehead atoms. The molecule has 7 nitrogen and oxygen atoms in total. The molecule has 0 aromatic heterocycles. The molecule has 0 saturated heterocycles. The number of Topliss-reactive ketones (excluding diaryl/α,β-unsaturated/α-hetero) is 1. The van der Waals surface area contributed by atoms with Crippen LogP contribution in [0.15, 0.2) is 84.9 Å². The lowest BCUT2D eigenvalue weighted by atomic mass is 9.96. The van der Waals surface area contributed by atoms with Crippen LogP contribution >= 0.6 is 0 Å². The van der Waals surface area contributed by atoms with E-state index >= 15 is 0 Å². The van der Waals surface area contributed by atoms with Gasteiger partial charge < -0.3 is 20.1 Å². The molecule has 2 amide bonds. The second-order valence-corrected chi connectivity index (χ2v) is 10.5. The third kappa shape index (κ3) is 7.93. The highest BCUT2D eigenvalue weighted by molar-refractivity contribution is 6.01. The number of carbonyl (C=O) groups is 3. The number of amides is 2. The van der Waals surface area contributed by atoms with Gasteiger partial charge in [0.15, 0.2) is 5.78 Å². The fourth-order valence-corrected chi connectivity index (χ4v) is 4.24. The molecule has 4 rings (SSSR count). The average molecular weight is 515 g/mol. The largest absolute Gasteiger partial charge is 0.445 e. The second-order valence-electron chi connectivity index (χ2n) is 10.5. The molecule has 198 valence electrons. The summed E-state index contributed by atoms with van der Waals surface area (Å²) in [5, 5.41) is 5.66. The van der Waals surface area contributed by atoms with Gasteiger partial charge in [0.25, 0.3) is 0 Å². The number of nitrogens with one attached hydrogen (secondary N) is 2. The van der Waals surface area contributed by atoms with Crippen LogP contribution in [0.5, 0.6) is 0 Å². The fourth-order valence-electron chi connectivity index (χ4n) is 4.24. The Morgan fingerprint density at radius 2 is 1.45 bits per heavy atom. The van der Waals surface area contributed by atoms with Gasteiger partial charge in [0.05, 0.1) is 6.04 Å². The second kappa shape index (κ2) is 11.9. The van der Waals surface area contributed by atoms with Crippen molar-refractivity contribution in [2.45, 2.75) is 63.8 Å². The summed E-state index contributed by atoms with van der Waals surface area (Å²) >= 11 is 0. The van der Waals surface area contributed by atoms with Gasteiger partial charge >= 0.3 is 12.2 Å². The maximum Gasteiger partial charge on any atom is 0.408 e. The topological polar surface area (TPSA) is 93.7 Å². The van der Waals surface area contributed by atoms with Gasteiger partial charge in [0, 0.05) is 23.9 Å². The Morgan fingerprint density at radius 1 is 0.842 bits per heavy atom. The maximum atomic E-state index is 13.5. The third-order valence-corrected chi connectivity index (χ3v) is 6.22. The molecule has 1 fully saturated rings. The first-order valence-electron chi connectivity index (χ1n) is 12.8. The van der Waals surface area contributed by atoms with E-state index in [1.807, 2.05) is 93.6 Å². The molecule has 0 spiro atoms. The van der Waals surface area contributed by atoms with E-state index in [-0.39, 0.29) is 24.3 Å². The molecule has 1 aliphatic rings. The van der Waals surface area contributed by atoms with Gasteiger partial charge in [-0.15, -0.1) is 0 Å². The van der Waals surface area contributed by atoms with Crippen molar-refractivity contribution in [3.8, 4) is 0 Å². The van der Waals surface area contributed by atoms with Gasteiger partial charge in [-0.1, -0.05) is 84.9 Å². The SMILES string of the molecule is CC(C)(C)OC(=O)N[C@@H]1C[C@@H]1c1ccc(C(=O)[C@H](Cc2ccccc2)NC(=O)OCc2ccccc2)cc1. The highest BCUT2D eigenvalue weighted by atomic mass is 16.6. The first kappa shape index (κ1) is 26.9. The molecule has 1 aliphatic carbocycles. The Hall–Kier alpha value is -4.13. The summed E-state index contributed by atoms with van der Waals surface area (Å²) in [4.78, 5) is 38.1. The van der Waals surface area contributed by atoms with Crippen LogP contribution in [0.25, 0.3) is 0 Å². The maximum absolute atomic E-state index is 13.5. The minimum atomic E-state index is -0.783. The van der Waals surface area contributed by atoms with Crippen LogP contribution in [0.2, 0.25) is 0 Å². The summed E-state index contributed by atoms with van der Waals surface area (Å²) in [6.45, 7) is 5.61. The molecule has 0 aliphatic heterocycles. The normalized spacial score (nSPS) is 17.1. The van der Waals surface area contributed by atoms with Crippen LogP contribution in [0.3, 0.4) is 0 Å². The van der Waals surface area contributed by atoms with Crippen LogP contribution in [0, 0.1) is 0 Å². The molecule has 2 N–H and O–H groups in total. The summed E-state index contributed by atoms with van der Waals surface area (Å²) < 4.78 is 10.7. The van der Waals surface area contributed by atoms with Gasteiger partial charge in [-0.05, 0) is 43.9 Å². The van der Waals surface area contributed by atoms with Crippen LogP contribution in [0.4, 0.5) is 9.59 Å². The van der Waals surface area contributed by atoms with Crippen molar-refractivity contribution in [3.63, 3.8) is 0 Å². The summed E-state index contributed by atoms with van der Waals surface area (Å²) in [6.07, 6.45) is 0.0872. The number of hydrogen-bond acceptors (Lipinski definition) is 5. The number of ether oxygens (including phenoxy) is 2. The number of carbonyl (C=O) groups excluding carboxylic acids is 3. The van der Waals surface area contributed by atoms with Crippen LogP contribution in [0.1, 0.15) is 60.2 Å². The van der Waals surface area contributed by atoms with Gasteiger partial charge in [0.1, 0.15) is 12.2 Å². The van der Waals surface area contributed by atoms with Crippen molar-refractivity contribution in [1.29, 1.82) is 0 Å². The molecular formula is C31H34N2O5. The molecule has 0 heterocycles. The van der Waals surface area contributed by atoms with E-state index in [2.05, 4.69) is 10.6 Å². The van der Waals surface area contributed by atoms with Crippen LogP contribution < -0.4 is 10.6 Å². The molecule has 7 heteroatoms. The Labute approximate surface area is 223 Å². The monoisotopic (exact) mass is 514 g/mol. The summed E-state index contributed by atoms with van der Waals surface area (Å²) in [7, 11) is 0. The summed E-state index contributed by atoms with van der Waals surface area (Å²) in [5.74, 6) is -0.0193. The van der Waals surface area contributed by atoms with Gasteiger partial charge in [0.2, 0.25) is 0 Å².